The Hall–Kier alpha value is -0.980. The third kappa shape index (κ3) is 3.75. The van der Waals surface area contributed by atoms with E-state index in [-0.39, 0.29) is 5.56 Å². The van der Waals surface area contributed by atoms with Crippen molar-refractivity contribution < 1.29 is 13.9 Å². The summed E-state index contributed by atoms with van der Waals surface area (Å²) in [5, 5.41) is 3.03. The summed E-state index contributed by atoms with van der Waals surface area (Å²) < 4.78 is 19.7. The molecule has 0 saturated carbocycles. The molecule has 4 nitrogen and oxygen atoms in total. The minimum atomic E-state index is -0.811. The molecule has 1 aromatic carbocycles. The van der Waals surface area contributed by atoms with Gasteiger partial charge in [-0.25, -0.2) is 4.39 Å². The summed E-state index contributed by atoms with van der Waals surface area (Å²) in [6.07, 6.45) is 0.946. The van der Waals surface area contributed by atoms with Gasteiger partial charge in [0.25, 0.3) is 0 Å². The quantitative estimate of drug-likeness (QED) is 0.864. The van der Waals surface area contributed by atoms with Gasteiger partial charge in [-0.3, -0.25) is 4.79 Å². The van der Waals surface area contributed by atoms with E-state index in [4.69, 9.17) is 10.5 Å². The van der Waals surface area contributed by atoms with E-state index in [2.05, 4.69) is 21.2 Å². The monoisotopic (exact) mass is 330 g/mol. The van der Waals surface area contributed by atoms with E-state index in [1.54, 1.807) is 12.1 Å². The first-order valence-corrected chi connectivity index (χ1v) is 6.92. The van der Waals surface area contributed by atoms with E-state index in [0.717, 1.165) is 13.0 Å². The molecule has 2 rings (SSSR count). The number of primary amides is 1. The molecule has 0 radical (unpaired) electrons. The van der Waals surface area contributed by atoms with Crippen molar-refractivity contribution in [3.63, 3.8) is 0 Å². The molecule has 1 aliphatic rings. The zero-order valence-electron chi connectivity index (χ0n) is 10.4. The number of rotatable bonds is 5. The SMILES string of the molecule is NC(=O)[C@@H](NC[C@H]1CCOC1)c1ccc(Br)cc1F. The lowest BCUT2D eigenvalue weighted by Crippen LogP contribution is -2.37. The summed E-state index contributed by atoms with van der Waals surface area (Å²) >= 11 is 3.18. The first-order chi connectivity index (χ1) is 9.08. The lowest BCUT2D eigenvalue weighted by atomic mass is 10.0. The van der Waals surface area contributed by atoms with Crippen LogP contribution < -0.4 is 11.1 Å². The second-order valence-electron chi connectivity index (χ2n) is 4.64. The average Bonchev–Trinajstić information content (AvgIpc) is 2.84. The number of hydrogen-bond acceptors (Lipinski definition) is 3. The van der Waals surface area contributed by atoms with Crippen molar-refractivity contribution in [2.75, 3.05) is 19.8 Å². The molecular weight excluding hydrogens is 315 g/mol. The Morgan fingerprint density at radius 1 is 1.63 bits per heavy atom. The van der Waals surface area contributed by atoms with Crippen LogP contribution in [-0.4, -0.2) is 25.7 Å². The van der Waals surface area contributed by atoms with Crippen molar-refractivity contribution >= 4 is 21.8 Å². The van der Waals surface area contributed by atoms with Crippen molar-refractivity contribution in [1.29, 1.82) is 0 Å². The fourth-order valence-corrected chi connectivity index (χ4v) is 2.46. The molecule has 0 unspecified atom stereocenters. The molecule has 2 atom stereocenters. The Morgan fingerprint density at radius 3 is 3.00 bits per heavy atom. The highest BCUT2D eigenvalue weighted by molar-refractivity contribution is 9.10. The van der Waals surface area contributed by atoms with Gasteiger partial charge in [0.15, 0.2) is 0 Å². The van der Waals surface area contributed by atoms with Gasteiger partial charge in [0.05, 0.1) is 6.61 Å². The number of carbonyl (C=O) groups is 1. The van der Waals surface area contributed by atoms with E-state index in [0.29, 0.717) is 23.5 Å². The minimum absolute atomic E-state index is 0.273. The van der Waals surface area contributed by atoms with Gasteiger partial charge in [-0.2, -0.15) is 0 Å². The van der Waals surface area contributed by atoms with E-state index in [1.807, 2.05) is 0 Å². The van der Waals surface area contributed by atoms with Crippen LogP contribution in [0.25, 0.3) is 0 Å². The number of nitrogens with two attached hydrogens (primary N) is 1. The van der Waals surface area contributed by atoms with Gasteiger partial charge in [-0.1, -0.05) is 22.0 Å². The molecule has 0 aliphatic carbocycles. The number of carbonyl (C=O) groups excluding carboxylic acids is 1. The van der Waals surface area contributed by atoms with Crippen molar-refractivity contribution in [3.8, 4) is 0 Å². The third-order valence-electron chi connectivity index (χ3n) is 3.19. The van der Waals surface area contributed by atoms with Crippen LogP contribution in [0.1, 0.15) is 18.0 Å². The van der Waals surface area contributed by atoms with Gasteiger partial charge in [-0.15, -0.1) is 0 Å². The Morgan fingerprint density at radius 2 is 2.42 bits per heavy atom. The minimum Gasteiger partial charge on any atom is -0.381 e. The number of amides is 1. The summed E-state index contributed by atoms with van der Waals surface area (Å²) in [4.78, 5) is 11.5. The molecule has 0 spiro atoms. The number of ether oxygens (including phenoxy) is 1. The highest BCUT2D eigenvalue weighted by Crippen LogP contribution is 2.22. The number of hydrogen-bond donors (Lipinski definition) is 2. The maximum Gasteiger partial charge on any atom is 0.239 e. The van der Waals surface area contributed by atoms with Crippen LogP contribution in [0.15, 0.2) is 22.7 Å². The van der Waals surface area contributed by atoms with Crippen LogP contribution in [0.5, 0.6) is 0 Å². The van der Waals surface area contributed by atoms with Crippen molar-refractivity contribution in [3.05, 3.63) is 34.1 Å². The topological polar surface area (TPSA) is 64.4 Å². The molecule has 1 fully saturated rings. The first kappa shape index (κ1) is 14.4. The zero-order valence-corrected chi connectivity index (χ0v) is 12.0. The summed E-state index contributed by atoms with van der Waals surface area (Å²) in [6.45, 7) is 1.99. The molecule has 1 heterocycles. The molecule has 1 saturated heterocycles. The number of nitrogens with one attached hydrogen (secondary N) is 1. The molecule has 3 N–H and O–H groups in total. The first-order valence-electron chi connectivity index (χ1n) is 6.13. The molecule has 1 aliphatic heterocycles. The van der Waals surface area contributed by atoms with Crippen molar-refractivity contribution in [2.24, 2.45) is 11.7 Å². The molecule has 0 aromatic heterocycles. The lowest BCUT2D eigenvalue weighted by molar-refractivity contribution is -0.120. The van der Waals surface area contributed by atoms with Gasteiger partial charge in [-0.05, 0) is 24.5 Å². The molecule has 104 valence electrons. The molecular formula is C13H16BrFN2O2. The Balaban J connectivity index is 2.08. The van der Waals surface area contributed by atoms with Crippen LogP contribution in [0, 0.1) is 11.7 Å². The van der Waals surface area contributed by atoms with Gasteiger partial charge in [0, 0.05) is 23.2 Å². The Bertz CT molecular complexity index is 464. The van der Waals surface area contributed by atoms with Crippen LogP contribution in [-0.2, 0) is 9.53 Å². The number of benzene rings is 1. The van der Waals surface area contributed by atoms with E-state index in [1.165, 1.54) is 6.07 Å². The standard InChI is InChI=1S/C13H16BrFN2O2/c14-9-1-2-10(11(15)5-9)12(13(16)18)17-6-8-3-4-19-7-8/h1-2,5,8,12,17H,3-4,6-7H2,(H2,16,18)/t8-,12+/m1/s1. The van der Waals surface area contributed by atoms with Gasteiger partial charge in [0.1, 0.15) is 11.9 Å². The highest BCUT2D eigenvalue weighted by Gasteiger charge is 2.23. The van der Waals surface area contributed by atoms with E-state index >= 15 is 0 Å². The predicted molar refractivity (Wildman–Crippen MR) is 73.0 cm³/mol. The highest BCUT2D eigenvalue weighted by atomic mass is 79.9. The zero-order chi connectivity index (χ0) is 13.8. The van der Waals surface area contributed by atoms with Crippen LogP contribution in [0.4, 0.5) is 4.39 Å². The van der Waals surface area contributed by atoms with Gasteiger partial charge < -0.3 is 15.8 Å². The largest absolute Gasteiger partial charge is 0.381 e. The summed E-state index contributed by atoms with van der Waals surface area (Å²) in [5.41, 5.74) is 5.62. The maximum absolute atomic E-state index is 13.9. The van der Waals surface area contributed by atoms with Crippen molar-refractivity contribution in [2.45, 2.75) is 12.5 Å². The maximum atomic E-state index is 13.9. The normalized spacial score (nSPS) is 20.4. The van der Waals surface area contributed by atoms with Gasteiger partial charge in [0.2, 0.25) is 5.91 Å². The lowest BCUT2D eigenvalue weighted by Gasteiger charge is -2.18. The Labute approximate surface area is 119 Å². The van der Waals surface area contributed by atoms with Crippen LogP contribution in [0.2, 0.25) is 0 Å². The summed E-state index contributed by atoms with van der Waals surface area (Å²) in [6, 6.07) is 3.77. The molecule has 19 heavy (non-hydrogen) atoms. The van der Waals surface area contributed by atoms with E-state index < -0.39 is 17.8 Å². The van der Waals surface area contributed by atoms with Gasteiger partial charge >= 0.3 is 0 Å². The van der Waals surface area contributed by atoms with Crippen LogP contribution >= 0.6 is 15.9 Å². The summed E-state index contributed by atoms with van der Waals surface area (Å²) in [7, 11) is 0. The smallest absolute Gasteiger partial charge is 0.239 e. The van der Waals surface area contributed by atoms with Crippen LogP contribution in [0.3, 0.4) is 0 Å². The molecule has 1 aromatic rings. The second kappa shape index (κ2) is 6.45. The van der Waals surface area contributed by atoms with E-state index in [9.17, 15) is 9.18 Å². The predicted octanol–water partition coefficient (Wildman–Crippen LogP) is 1.74. The molecule has 6 heteroatoms. The average molecular weight is 331 g/mol. The van der Waals surface area contributed by atoms with Crippen molar-refractivity contribution in [1.82, 2.24) is 5.32 Å². The third-order valence-corrected chi connectivity index (χ3v) is 3.69. The second-order valence-corrected chi connectivity index (χ2v) is 5.55. The summed E-state index contributed by atoms with van der Waals surface area (Å²) in [5.74, 6) is -0.686. The molecule has 0 bridgehead atoms. The fourth-order valence-electron chi connectivity index (χ4n) is 2.13. The fraction of sp³-hybridized carbons (Fsp3) is 0.462. The number of halogens is 2. The Kier molecular flexibility index (Phi) is 4.90. The molecule has 1 amide bonds.